The van der Waals surface area contributed by atoms with Crippen molar-refractivity contribution < 1.29 is 14.4 Å². The third kappa shape index (κ3) is 4.91. The quantitative estimate of drug-likeness (QED) is 0.725. The van der Waals surface area contributed by atoms with Crippen molar-refractivity contribution >= 4 is 17.5 Å². The summed E-state index contributed by atoms with van der Waals surface area (Å²) in [5.41, 5.74) is 2.20. The van der Waals surface area contributed by atoms with E-state index >= 15 is 0 Å². The van der Waals surface area contributed by atoms with E-state index < -0.39 is 6.10 Å². The molecule has 0 aromatic heterocycles. The summed E-state index contributed by atoms with van der Waals surface area (Å²) in [7, 11) is 0. The van der Waals surface area contributed by atoms with Gasteiger partial charge in [-0.05, 0) is 45.1 Å². The van der Waals surface area contributed by atoms with Gasteiger partial charge in [-0.3, -0.25) is 9.59 Å². The van der Waals surface area contributed by atoms with Crippen LogP contribution in [0.15, 0.2) is 35.5 Å². The average molecular weight is 386 g/mol. The zero-order chi connectivity index (χ0) is 19.9. The normalized spacial score (nSPS) is 21.8. The molecule has 0 N–H and O–H groups in total. The number of hydrogen-bond donors (Lipinski definition) is 0. The van der Waals surface area contributed by atoms with Crippen LogP contribution in [0.25, 0.3) is 0 Å². The molecule has 1 saturated heterocycles. The lowest BCUT2D eigenvalue weighted by Gasteiger charge is -2.35. The van der Waals surface area contributed by atoms with Crippen LogP contribution >= 0.6 is 0 Å². The molecule has 28 heavy (non-hydrogen) atoms. The number of aryl methyl sites for hydroxylation is 1. The van der Waals surface area contributed by atoms with Crippen LogP contribution in [-0.4, -0.2) is 59.6 Å². The first-order valence-corrected chi connectivity index (χ1v) is 10.4. The second-order valence-electron chi connectivity index (χ2n) is 7.58. The van der Waals surface area contributed by atoms with E-state index in [2.05, 4.69) is 17.3 Å². The fourth-order valence-corrected chi connectivity index (χ4v) is 4.02. The molecule has 1 aromatic carbocycles. The van der Waals surface area contributed by atoms with Crippen molar-refractivity contribution in [3.63, 3.8) is 0 Å². The van der Waals surface area contributed by atoms with Gasteiger partial charge in [0.25, 0.3) is 5.91 Å². The van der Waals surface area contributed by atoms with Crippen molar-refractivity contribution in [2.75, 3.05) is 26.2 Å². The molecule has 0 spiro atoms. The number of likely N-dealkylation sites (tertiary alicyclic amines) is 1. The van der Waals surface area contributed by atoms with Crippen molar-refractivity contribution in [3.8, 4) is 0 Å². The standard InChI is InChI=1S/C22H31N3O3/c1-3-24(4-2)21(26)18-11-8-14-25(16-18)22(27)20-15-19(23-28-20)13-12-17-9-6-5-7-10-17/h5-7,9-10,18,20H,3-4,8,11-16H2,1-2H3/t18-,20-/m1/s1. The van der Waals surface area contributed by atoms with Crippen LogP contribution in [0.5, 0.6) is 0 Å². The Balaban J connectivity index is 1.50. The highest BCUT2D eigenvalue weighted by molar-refractivity contribution is 5.93. The van der Waals surface area contributed by atoms with E-state index in [9.17, 15) is 9.59 Å². The highest BCUT2D eigenvalue weighted by atomic mass is 16.6. The van der Waals surface area contributed by atoms with Crippen molar-refractivity contribution in [2.45, 2.75) is 52.1 Å². The lowest BCUT2D eigenvalue weighted by Crippen LogP contribution is -2.49. The predicted octanol–water partition coefficient (Wildman–Crippen LogP) is 2.87. The molecule has 0 bridgehead atoms. The van der Waals surface area contributed by atoms with Crippen LogP contribution < -0.4 is 0 Å². The first-order chi connectivity index (χ1) is 13.6. The topological polar surface area (TPSA) is 62.2 Å². The van der Waals surface area contributed by atoms with Crippen LogP contribution in [-0.2, 0) is 20.8 Å². The van der Waals surface area contributed by atoms with Gasteiger partial charge in [0.1, 0.15) is 0 Å². The first-order valence-electron chi connectivity index (χ1n) is 10.4. The van der Waals surface area contributed by atoms with Gasteiger partial charge in [0.15, 0.2) is 0 Å². The maximum absolute atomic E-state index is 12.9. The van der Waals surface area contributed by atoms with Crippen LogP contribution in [0.4, 0.5) is 0 Å². The molecule has 3 rings (SSSR count). The Morgan fingerprint density at radius 2 is 1.93 bits per heavy atom. The minimum atomic E-state index is -0.534. The average Bonchev–Trinajstić information content (AvgIpc) is 3.22. The van der Waals surface area contributed by atoms with E-state index in [-0.39, 0.29) is 17.7 Å². The van der Waals surface area contributed by atoms with Gasteiger partial charge in [-0.2, -0.15) is 0 Å². The van der Waals surface area contributed by atoms with Crippen LogP contribution in [0.3, 0.4) is 0 Å². The lowest BCUT2D eigenvalue weighted by atomic mass is 9.95. The van der Waals surface area contributed by atoms with Gasteiger partial charge < -0.3 is 14.6 Å². The molecule has 0 unspecified atom stereocenters. The molecule has 6 nitrogen and oxygen atoms in total. The van der Waals surface area contributed by atoms with Gasteiger partial charge in [-0.1, -0.05) is 35.5 Å². The maximum atomic E-state index is 12.9. The molecule has 2 atom stereocenters. The van der Waals surface area contributed by atoms with Crippen molar-refractivity contribution in [1.82, 2.24) is 9.80 Å². The van der Waals surface area contributed by atoms with E-state index in [4.69, 9.17) is 4.84 Å². The van der Waals surface area contributed by atoms with E-state index in [0.29, 0.717) is 32.6 Å². The van der Waals surface area contributed by atoms with Gasteiger partial charge in [0.2, 0.25) is 12.0 Å². The zero-order valence-corrected chi connectivity index (χ0v) is 17.0. The highest BCUT2D eigenvalue weighted by Gasteiger charge is 2.36. The molecule has 2 aliphatic rings. The van der Waals surface area contributed by atoms with Gasteiger partial charge in [-0.25, -0.2) is 0 Å². The maximum Gasteiger partial charge on any atom is 0.266 e. The Morgan fingerprint density at radius 1 is 1.18 bits per heavy atom. The molecule has 0 aliphatic carbocycles. The summed E-state index contributed by atoms with van der Waals surface area (Å²) in [5, 5.41) is 4.15. The highest BCUT2D eigenvalue weighted by Crippen LogP contribution is 2.23. The molecule has 2 amide bonds. The third-order valence-corrected chi connectivity index (χ3v) is 5.71. The Kier molecular flexibility index (Phi) is 7.06. The van der Waals surface area contributed by atoms with Gasteiger partial charge in [-0.15, -0.1) is 0 Å². The minimum Gasteiger partial charge on any atom is -0.382 e. The largest absolute Gasteiger partial charge is 0.382 e. The Morgan fingerprint density at radius 3 is 2.64 bits per heavy atom. The third-order valence-electron chi connectivity index (χ3n) is 5.71. The number of carbonyl (C=O) groups excluding carboxylic acids is 2. The summed E-state index contributed by atoms with van der Waals surface area (Å²) in [6.45, 7) is 6.60. The Labute approximate surface area is 167 Å². The van der Waals surface area contributed by atoms with E-state index in [1.807, 2.05) is 36.9 Å². The summed E-state index contributed by atoms with van der Waals surface area (Å²) < 4.78 is 0. The molecule has 1 fully saturated rings. The second-order valence-corrected chi connectivity index (χ2v) is 7.58. The molecule has 2 aliphatic heterocycles. The van der Waals surface area contributed by atoms with E-state index in [1.165, 1.54) is 5.56 Å². The molecule has 6 heteroatoms. The van der Waals surface area contributed by atoms with Crippen LogP contribution in [0.1, 0.15) is 45.1 Å². The molecule has 0 radical (unpaired) electrons. The van der Waals surface area contributed by atoms with Crippen molar-refractivity contribution in [1.29, 1.82) is 0 Å². The molecule has 2 heterocycles. The number of carbonyl (C=O) groups is 2. The number of rotatable bonds is 7. The summed E-state index contributed by atoms with van der Waals surface area (Å²) in [5.74, 6) is 0.0302. The lowest BCUT2D eigenvalue weighted by molar-refractivity contribution is -0.147. The summed E-state index contributed by atoms with van der Waals surface area (Å²) in [4.78, 5) is 34.7. The second kappa shape index (κ2) is 9.71. The minimum absolute atomic E-state index is 0.0319. The molecular formula is C22H31N3O3. The monoisotopic (exact) mass is 385 g/mol. The molecule has 152 valence electrons. The van der Waals surface area contributed by atoms with Gasteiger partial charge in [0, 0.05) is 32.6 Å². The van der Waals surface area contributed by atoms with Gasteiger partial charge >= 0.3 is 0 Å². The Hall–Kier alpha value is -2.37. The summed E-state index contributed by atoms with van der Waals surface area (Å²) >= 11 is 0. The van der Waals surface area contributed by atoms with Crippen LogP contribution in [0, 0.1) is 5.92 Å². The van der Waals surface area contributed by atoms with Gasteiger partial charge in [0.05, 0.1) is 11.6 Å². The number of nitrogens with zero attached hydrogens (tertiary/aromatic N) is 3. The van der Waals surface area contributed by atoms with E-state index in [0.717, 1.165) is 31.4 Å². The number of hydrogen-bond acceptors (Lipinski definition) is 4. The predicted molar refractivity (Wildman–Crippen MR) is 109 cm³/mol. The number of oxime groups is 1. The van der Waals surface area contributed by atoms with Crippen molar-refractivity contribution in [3.05, 3.63) is 35.9 Å². The fourth-order valence-electron chi connectivity index (χ4n) is 4.02. The number of benzene rings is 1. The van der Waals surface area contributed by atoms with Crippen LogP contribution in [0.2, 0.25) is 0 Å². The summed E-state index contributed by atoms with van der Waals surface area (Å²) in [6.07, 6.45) is 3.43. The number of piperidine rings is 1. The summed E-state index contributed by atoms with van der Waals surface area (Å²) in [6, 6.07) is 10.3. The van der Waals surface area contributed by atoms with Crippen molar-refractivity contribution in [2.24, 2.45) is 11.1 Å². The number of amides is 2. The molecule has 0 saturated carbocycles. The Bertz CT molecular complexity index is 700. The zero-order valence-electron chi connectivity index (χ0n) is 17.0. The first kappa shape index (κ1) is 20.4. The smallest absolute Gasteiger partial charge is 0.266 e. The van der Waals surface area contributed by atoms with E-state index in [1.54, 1.807) is 4.90 Å². The molecule has 1 aromatic rings. The molecular weight excluding hydrogens is 354 g/mol. The SMILES string of the molecule is CCN(CC)C(=O)[C@@H]1CCCN(C(=O)[C@H]2CC(CCc3ccccc3)=NO2)C1. The fraction of sp³-hybridized carbons (Fsp3) is 0.591.